The number of nitrogens with one attached hydrogen (secondary N) is 1. The molecule has 4 nitrogen and oxygen atoms in total. The second kappa shape index (κ2) is 5.42. The van der Waals surface area contributed by atoms with Crippen molar-refractivity contribution in [2.24, 2.45) is 0 Å². The van der Waals surface area contributed by atoms with Crippen molar-refractivity contribution in [1.82, 2.24) is 9.97 Å². The van der Waals surface area contributed by atoms with Crippen molar-refractivity contribution in [3.63, 3.8) is 0 Å². The minimum absolute atomic E-state index is 0.181. The number of aromatic amines is 1. The fourth-order valence-electron chi connectivity index (χ4n) is 1.54. The van der Waals surface area contributed by atoms with Crippen molar-refractivity contribution in [2.75, 3.05) is 13.2 Å². The molecule has 16 heavy (non-hydrogen) atoms. The van der Waals surface area contributed by atoms with Crippen molar-refractivity contribution >= 4 is 10.9 Å². The van der Waals surface area contributed by atoms with Crippen LogP contribution in [0.2, 0.25) is 0 Å². The number of hydrogen-bond donors (Lipinski definition) is 1. The Balaban J connectivity index is 0.000000162. The molecule has 0 amide bonds. The van der Waals surface area contributed by atoms with Gasteiger partial charge in [0.15, 0.2) is 0 Å². The van der Waals surface area contributed by atoms with E-state index in [1.54, 1.807) is 6.07 Å². The summed E-state index contributed by atoms with van der Waals surface area (Å²) in [5, 5.41) is 0.634. The Kier molecular flexibility index (Phi) is 3.66. The lowest BCUT2D eigenvalue weighted by Crippen LogP contribution is -2.05. The van der Waals surface area contributed by atoms with Crippen LogP contribution in [0.4, 0.5) is 0 Å². The summed E-state index contributed by atoms with van der Waals surface area (Å²) in [6, 6.07) is 7.29. The molecular formula is C12H14N2O2. The summed E-state index contributed by atoms with van der Waals surface area (Å²) < 4.78 is 4.94. The third-order valence-corrected chi connectivity index (χ3v) is 2.39. The summed E-state index contributed by atoms with van der Waals surface area (Å²) in [6.45, 7) is 2.00. The maximum absolute atomic E-state index is 11.0. The van der Waals surface area contributed by atoms with Crippen LogP contribution in [-0.4, -0.2) is 23.2 Å². The van der Waals surface area contributed by atoms with E-state index in [9.17, 15) is 4.79 Å². The van der Waals surface area contributed by atoms with Gasteiger partial charge in [-0.3, -0.25) is 4.79 Å². The van der Waals surface area contributed by atoms with Crippen molar-refractivity contribution in [3.05, 3.63) is 40.9 Å². The summed E-state index contributed by atoms with van der Waals surface area (Å²) in [7, 11) is 0. The van der Waals surface area contributed by atoms with Crippen LogP contribution in [0.15, 0.2) is 35.4 Å². The lowest BCUT2D eigenvalue weighted by molar-refractivity contribution is 0.198. The fraction of sp³-hybridized carbons (Fsp3) is 0.333. The molecule has 2 aromatic rings. The highest BCUT2D eigenvalue weighted by Gasteiger charge is 1.95. The molecule has 0 bridgehead atoms. The highest BCUT2D eigenvalue weighted by atomic mass is 16.5. The van der Waals surface area contributed by atoms with Gasteiger partial charge in [0.1, 0.15) is 0 Å². The molecular weight excluding hydrogens is 204 g/mol. The van der Waals surface area contributed by atoms with Crippen LogP contribution in [0.1, 0.15) is 12.8 Å². The number of benzene rings is 1. The summed E-state index contributed by atoms with van der Waals surface area (Å²) in [6.07, 6.45) is 3.96. The number of nitrogens with zero attached hydrogens (tertiary/aromatic N) is 1. The molecule has 1 N–H and O–H groups in total. The number of para-hydroxylation sites is 1. The van der Waals surface area contributed by atoms with Crippen LogP contribution in [0.5, 0.6) is 0 Å². The molecule has 0 spiro atoms. The Hall–Kier alpha value is -1.68. The molecule has 1 aliphatic rings. The first-order valence-electron chi connectivity index (χ1n) is 5.38. The van der Waals surface area contributed by atoms with Gasteiger partial charge >= 0.3 is 0 Å². The second-order valence-electron chi connectivity index (χ2n) is 3.57. The molecule has 1 aromatic carbocycles. The molecule has 2 heterocycles. The lowest BCUT2D eigenvalue weighted by Gasteiger charge is -1.92. The summed E-state index contributed by atoms with van der Waals surface area (Å²) in [5.74, 6) is 0. The van der Waals surface area contributed by atoms with E-state index >= 15 is 0 Å². The Morgan fingerprint density at radius 1 is 1.19 bits per heavy atom. The van der Waals surface area contributed by atoms with Crippen molar-refractivity contribution in [1.29, 1.82) is 0 Å². The number of aromatic nitrogens is 2. The van der Waals surface area contributed by atoms with Gasteiger partial charge in [-0.1, -0.05) is 12.1 Å². The zero-order valence-corrected chi connectivity index (χ0v) is 8.98. The van der Waals surface area contributed by atoms with Gasteiger partial charge in [0.2, 0.25) is 0 Å². The largest absolute Gasteiger partial charge is 0.381 e. The summed E-state index contributed by atoms with van der Waals surface area (Å²) >= 11 is 0. The van der Waals surface area contributed by atoms with E-state index in [2.05, 4.69) is 9.97 Å². The molecule has 4 heteroatoms. The lowest BCUT2D eigenvalue weighted by atomic mass is 10.2. The van der Waals surface area contributed by atoms with E-state index in [1.165, 1.54) is 19.2 Å². The van der Waals surface area contributed by atoms with Gasteiger partial charge in [-0.2, -0.15) is 4.98 Å². The van der Waals surface area contributed by atoms with Crippen LogP contribution >= 0.6 is 0 Å². The van der Waals surface area contributed by atoms with E-state index in [0.29, 0.717) is 5.39 Å². The second-order valence-corrected chi connectivity index (χ2v) is 3.57. The molecule has 84 valence electrons. The first kappa shape index (κ1) is 10.8. The molecule has 1 saturated heterocycles. The standard InChI is InChI=1S/C8H6N2O.C4H8O/c11-8-6-3-1-2-4-7(6)9-5-10-8;1-2-4-5-3-1/h1-5H,(H,9,10,11);1-4H2. The summed E-state index contributed by atoms with van der Waals surface area (Å²) in [4.78, 5) is 17.5. The van der Waals surface area contributed by atoms with Crippen molar-refractivity contribution < 1.29 is 4.74 Å². The van der Waals surface area contributed by atoms with Crippen LogP contribution in [0, 0.1) is 0 Å². The van der Waals surface area contributed by atoms with Crippen LogP contribution in [0.25, 0.3) is 10.9 Å². The van der Waals surface area contributed by atoms with E-state index in [4.69, 9.17) is 4.74 Å². The number of ether oxygens (including phenoxy) is 1. The number of hydrogen-bond acceptors (Lipinski definition) is 3. The molecule has 0 aliphatic carbocycles. The minimum atomic E-state index is -0.181. The number of fused-ring (bicyclic) bond motifs is 1. The molecule has 0 saturated carbocycles. The third-order valence-electron chi connectivity index (χ3n) is 2.39. The van der Waals surface area contributed by atoms with Crippen LogP contribution in [0.3, 0.4) is 0 Å². The Labute approximate surface area is 93.3 Å². The minimum Gasteiger partial charge on any atom is -0.381 e. The molecule has 1 aliphatic heterocycles. The van der Waals surface area contributed by atoms with Crippen LogP contribution < -0.4 is 5.56 Å². The van der Waals surface area contributed by atoms with Gasteiger partial charge in [-0.25, -0.2) is 0 Å². The van der Waals surface area contributed by atoms with Crippen molar-refractivity contribution in [2.45, 2.75) is 12.8 Å². The van der Waals surface area contributed by atoms with Crippen molar-refractivity contribution in [3.8, 4) is 0 Å². The third kappa shape index (κ3) is 2.67. The highest BCUT2D eigenvalue weighted by molar-refractivity contribution is 5.76. The average molecular weight is 218 g/mol. The molecule has 1 fully saturated rings. The van der Waals surface area contributed by atoms with Gasteiger partial charge in [0, 0.05) is 13.2 Å². The summed E-state index contributed by atoms with van der Waals surface area (Å²) in [5.41, 5.74) is 0.645. The van der Waals surface area contributed by atoms with Crippen LogP contribution in [-0.2, 0) is 4.74 Å². The Morgan fingerprint density at radius 3 is 2.56 bits per heavy atom. The zero-order valence-electron chi connectivity index (χ0n) is 8.98. The normalized spacial score (nSPS) is 14.5. The maximum atomic E-state index is 11.0. The van der Waals surface area contributed by atoms with E-state index in [-0.39, 0.29) is 5.56 Å². The number of rotatable bonds is 0. The molecule has 0 radical (unpaired) electrons. The fourth-order valence-corrected chi connectivity index (χ4v) is 1.54. The van der Waals surface area contributed by atoms with Gasteiger partial charge in [0.05, 0.1) is 17.2 Å². The molecule has 1 aromatic heterocycles. The first-order valence-corrected chi connectivity index (χ1v) is 5.38. The quantitative estimate of drug-likeness (QED) is 0.732. The van der Waals surface area contributed by atoms with E-state index < -0.39 is 0 Å². The predicted octanol–water partition coefficient (Wildman–Crippen LogP) is 1.72. The predicted molar refractivity (Wildman–Crippen MR) is 62.4 cm³/mol. The zero-order chi connectivity index (χ0) is 11.2. The van der Waals surface area contributed by atoms with E-state index in [1.807, 2.05) is 18.2 Å². The molecule has 3 rings (SSSR count). The van der Waals surface area contributed by atoms with E-state index in [0.717, 1.165) is 18.7 Å². The van der Waals surface area contributed by atoms with Gasteiger partial charge < -0.3 is 9.72 Å². The maximum Gasteiger partial charge on any atom is 0.280 e. The smallest absolute Gasteiger partial charge is 0.280 e. The Morgan fingerprint density at radius 2 is 1.94 bits per heavy atom. The number of H-pyrrole nitrogens is 1. The van der Waals surface area contributed by atoms with Gasteiger partial charge in [0.25, 0.3) is 5.56 Å². The molecule has 0 unspecified atom stereocenters. The Bertz CT molecular complexity index is 490. The SMILES string of the molecule is C1CCOC1.O=c1nc[nH]c2ccccc12. The molecule has 0 atom stereocenters. The van der Waals surface area contributed by atoms with Gasteiger partial charge in [-0.15, -0.1) is 0 Å². The topological polar surface area (TPSA) is 55.0 Å². The first-order chi connectivity index (χ1) is 7.88. The highest BCUT2D eigenvalue weighted by Crippen LogP contribution is 2.02. The monoisotopic (exact) mass is 218 g/mol. The van der Waals surface area contributed by atoms with Gasteiger partial charge in [-0.05, 0) is 25.0 Å². The average Bonchev–Trinajstić information content (AvgIpc) is 2.88.